The number of benzene rings is 2. The molecule has 1 aromatic heterocycles. The smallest absolute Gasteiger partial charge is 0.349 e. The average molecular weight is 365 g/mol. The number of amides is 1. The third-order valence-electron chi connectivity index (χ3n) is 4.70. The quantitative estimate of drug-likeness (QED) is 0.668. The lowest BCUT2D eigenvalue weighted by atomic mass is 10.1. The number of fused-ring (bicyclic) bond motifs is 1. The highest BCUT2D eigenvalue weighted by Crippen LogP contribution is 2.26. The first-order chi connectivity index (χ1) is 13.2. The van der Waals surface area contributed by atoms with E-state index >= 15 is 0 Å². The fraction of sp³-hybridized carbons (Fsp3) is 0.238. The van der Waals surface area contributed by atoms with Gasteiger partial charge >= 0.3 is 5.63 Å². The summed E-state index contributed by atoms with van der Waals surface area (Å²) in [6.45, 7) is 1.23. The molecule has 0 radical (unpaired) electrons. The molecular formula is C21H19NO5. The van der Waals surface area contributed by atoms with Crippen molar-refractivity contribution in [1.29, 1.82) is 0 Å². The molecule has 1 atom stereocenters. The predicted molar refractivity (Wildman–Crippen MR) is 100 cm³/mol. The second-order valence-corrected chi connectivity index (χ2v) is 6.35. The van der Waals surface area contributed by atoms with Gasteiger partial charge in [-0.25, -0.2) is 4.79 Å². The summed E-state index contributed by atoms with van der Waals surface area (Å²) in [5.74, 6) is 0.108. The summed E-state index contributed by atoms with van der Waals surface area (Å²) < 4.78 is 16.4. The summed E-state index contributed by atoms with van der Waals surface area (Å²) in [6.07, 6.45) is -0.212. The van der Waals surface area contributed by atoms with E-state index in [2.05, 4.69) is 0 Å². The standard InChI is InChI=1S/C21H19NO5/c1-25-17-9-5-8-15-12-16(21(24)27-19(15)17)20(23)22-10-11-26-18(13-22)14-6-3-2-4-7-14/h2-9,12,18H,10-11,13H2,1H3. The molecule has 1 unspecified atom stereocenters. The number of morpholine rings is 1. The monoisotopic (exact) mass is 365 g/mol. The molecule has 1 amide bonds. The Morgan fingerprint density at radius 1 is 1.15 bits per heavy atom. The number of ether oxygens (including phenoxy) is 2. The molecule has 0 saturated carbocycles. The lowest BCUT2D eigenvalue weighted by Crippen LogP contribution is -2.43. The van der Waals surface area contributed by atoms with Crippen molar-refractivity contribution in [2.24, 2.45) is 0 Å². The third kappa shape index (κ3) is 3.31. The van der Waals surface area contributed by atoms with Crippen molar-refractivity contribution >= 4 is 16.9 Å². The van der Waals surface area contributed by atoms with E-state index < -0.39 is 5.63 Å². The van der Waals surface area contributed by atoms with Gasteiger partial charge in [0, 0.05) is 11.9 Å². The highest BCUT2D eigenvalue weighted by atomic mass is 16.5. The number of hydrogen-bond acceptors (Lipinski definition) is 5. The van der Waals surface area contributed by atoms with E-state index in [-0.39, 0.29) is 17.6 Å². The van der Waals surface area contributed by atoms with Gasteiger partial charge in [0.1, 0.15) is 11.7 Å². The largest absolute Gasteiger partial charge is 0.493 e. The minimum atomic E-state index is -0.667. The van der Waals surface area contributed by atoms with Gasteiger partial charge < -0.3 is 18.8 Å². The summed E-state index contributed by atoms with van der Waals surface area (Å²) in [5, 5.41) is 0.644. The molecule has 6 nitrogen and oxygen atoms in total. The van der Waals surface area contributed by atoms with Gasteiger partial charge in [-0.05, 0) is 17.7 Å². The highest BCUT2D eigenvalue weighted by Gasteiger charge is 2.28. The summed E-state index contributed by atoms with van der Waals surface area (Å²) >= 11 is 0. The number of methoxy groups -OCH3 is 1. The van der Waals surface area contributed by atoms with E-state index in [4.69, 9.17) is 13.9 Å². The summed E-state index contributed by atoms with van der Waals surface area (Å²) in [5.41, 5.74) is 0.695. The van der Waals surface area contributed by atoms with E-state index in [0.717, 1.165) is 5.56 Å². The van der Waals surface area contributed by atoms with Gasteiger partial charge in [-0.2, -0.15) is 0 Å². The van der Waals surface area contributed by atoms with Crippen LogP contribution in [0.4, 0.5) is 0 Å². The zero-order chi connectivity index (χ0) is 18.8. The molecule has 27 heavy (non-hydrogen) atoms. The average Bonchev–Trinajstić information content (AvgIpc) is 2.73. The number of carbonyl (C=O) groups is 1. The summed E-state index contributed by atoms with van der Waals surface area (Å²) in [6, 6.07) is 16.6. The van der Waals surface area contributed by atoms with Crippen LogP contribution >= 0.6 is 0 Å². The van der Waals surface area contributed by atoms with Crippen molar-refractivity contribution in [2.45, 2.75) is 6.10 Å². The Morgan fingerprint density at radius 3 is 2.74 bits per heavy atom. The number of nitrogens with zero attached hydrogens (tertiary/aromatic N) is 1. The predicted octanol–water partition coefficient (Wildman–Crippen LogP) is 3.02. The third-order valence-corrected chi connectivity index (χ3v) is 4.70. The molecule has 0 bridgehead atoms. The molecule has 2 heterocycles. The second-order valence-electron chi connectivity index (χ2n) is 6.35. The van der Waals surface area contributed by atoms with Crippen molar-refractivity contribution in [2.75, 3.05) is 26.8 Å². The number of para-hydroxylation sites is 1. The Morgan fingerprint density at radius 2 is 1.96 bits per heavy atom. The molecule has 4 rings (SSSR count). The van der Waals surface area contributed by atoms with Gasteiger partial charge in [-0.3, -0.25) is 4.79 Å². The van der Waals surface area contributed by atoms with Crippen LogP contribution in [0.3, 0.4) is 0 Å². The van der Waals surface area contributed by atoms with Crippen molar-refractivity contribution in [3.63, 3.8) is 0 Å². The van der Waals surface area contributed by atoms with Gasteiger partial charge in [-0.15, -0.1) is 0 Å². The highest BCUT2D eigenvalue weighted by molar-refractivity contribution is 5.97. The molecule has 1 saturated heterocycles. The van der Waals surface area contributed by atoms with E-state index in [1.807, 2.05) is 30.3 Å². The van der Waals surface area contributed by atoms with Crippen LogP contribution in [0, 0.1) is 0 Å². The van der Waals surface area contributed by atoms with Crippen LogP contribution in [0.25, 0.3) is 11.0 Å². The molecule has 1 aliphatic heterocycles. The first-order valence-electron chi connectivity index (χ1n) is 8.74. The fourth-order valence-electron chi connectivity index (χ4n) is 3.30. The van der Waals surface area contributed by atoms with Crippen LogP contribution in [-0.4, -0.2) is 37.6 Å². The van der Waals surface area contributed by atoms with Gasteiger partial charge in [0.25, 0.3) is 5.91 Å². The van der Waals surface area contributed by atoms with E-state index in [0.29, 0.717) is 36.4 Å². The SMILES string of the molecule is COc1cccc2cc(C(=O)N3CCOC(c4ccccc4)C3)c(=O)oc12. The molecule has 2 aromatic carbocycles. The summed E-state index contributed by atoms with van der Waals surface area (Å²) in [4.78, 5) is 27.0. The Hall–Kier alpha value is -3.12. The Kier molecular flexibility index (Phi) is 4.64. The van der Waals surface area contributed by atoms with Crippen molar-refractivity contribution in [3.8, 4) is 5.75 Å². The van der Waals surface area contributed by atoms with Gasteiger partial charge in [0.05, 0.1) is 20.3 Å². The zero-order valence-electron chi connectivity index (χ0n) is 14.9. The van der Waals surface area contributed by atoms with Crippen LogP contribution in [0.2, 0.25) is 0 Å². The van der Waals surface area contributed by atoms with Crippen molar-refractivity contribution in [3.05, 3.63) is 76.1 Å². The summed E-state index contributed by atoms with van der Waals surface area (Å²) in [7, 11) is 1.51. The van der Waals surface area contributed by atoms with Crippen LogP contribution < -0.4 is 10.4 Å². The second kappa shape index (κ2) is 7.25. The molecule has 0 N–H and O–H groups in total. The molecule has 1 aliphatic rings. The maximum atomic E-state index is 13.0. The molecule has 6 heteroatoms. The van der Waals surface area contributed by atoms with E-state index in [1.54, 1.807) is 29.2 Å². The first-order valence-corrected chi connectivity index (χ1v) is 8.74. The van der Waals surface area contributed by atoms with Gasteiger partial charge in [-0.1, -0.05) is 42.5 Å². The van der Waals surface area contributed by atoms with Gasteiger partial charge in [0.15, 0.2) is 11.3 Å². The maximum absolute atomic E-state index is 13.0. The van der Waals surface area contributed by atoms with Crippen molar-refractivity contribution < 1.29 is 18.7 Å². The fourth-order valence-corrected chi connectivity index (χ4v) is 3.30. The van der Waals surface area contributed by atoms with E-state index in [9.17, 15) is 9.59 Å². The lowest BCUT2D eigenvalue weighted by Gasteiger charge is -2.33. The molecule has 3 aromatic rings. The van der Waals surface area contributed by atoms with Gasteiger partial charge in [0.2, 0.25) is 0 Å². The van der Waals surface area contributed by atoms with Crippen LogP contribution in [0.15, 0.2) is 63.8 Å². The number of rotatable bonds is 3. The Labute approximate surface area is 155 Å². The number of hydrogen-bond donors (Lipinski definition) is 0. The van der Waals surface area contributed by atoms with Crippen LogP contribution in [0.1, 0.15) is 22.0 Å². The minimum absolute atomic E-state index is 0.0180. The molecule has 1 fully saturated rings. The lowest BCUT2D eigenvalue weighted by molar-refractivity contribution is -0.0229. The molecule has 0 aliphatic carbocycles. The van der Waals surface area contributed by atoms with Crippen LogP contribution in [0.5, 0.6) is 5.75 Å². The normalized spacial score (nSPS) is 17.1. The maximum Gasteiger partial charge on any atom is 0.349 e. The van der Waals surface area contributed by atoms with Crippen LogP contribution in [-0.2, 0) is 4.74 Å². The molecule has 138 valence electrons. The first kappa shape index (κ1) is 17.3. The Balaban J connectivity index is 1.64. The molecular weight excluding hydrogens is 346 g/mol. The Bertz CT molecular complexity index is 1030. The topological polar surface area (TPSA) is 69.0 Å². The van der Waals surface area contributed by atoms with E-state index in [1.165, 1.54) is 7.11 Å². The number of carbonyl (C=O) groups excluding carboxylic acids is 1. The van der Waals surface area contributed by atoms with Crippen molar-refractivity contribution in [1.82, 2.24) is 4.90 Å². The minimum Gasteiger partial charge on any atom is -0.493 e. The molecule has 0 spiro atoms. The zero-order valence-corrected chi connectivity index (χ0v) is 14.9.